The summed E-state index contributed by atoms with van der Waals surface area (Å²) in [5.41, 5.74) is 0.552. The first-order valence-electron chi connectivity index (χ1n) is 5.68. The van der Waals surface area contributed by atoms with Gasteiger partial charge in [-0.15, -0.1) is 0 Å². The van der Waals surface area contributed by atoms with Gasteiger partial charge in [-0.2, -0.15) is 0 Å². The van der Waals surface area contributed by atoms with E-state index in [-0.39, 0.29) is 13.4 Å². The third-order valence-electron chi connectivity index (χ3n) is 2.30. The summed E-state index contributed by atoms with van der Waals surface area (Å²) >= 11 is 0. The highest BCUT2D eigenvalue weighted by Crippen LogP contribution is 2.34. The van der Waals surface area contributed by atoms with Crippen LogP contribution in [0.1, 0.15) is 6.92 Å². The van der Waals surface area contributed by atoms with Crippen LogP contribution < -0.4 is 14.8 Å². The van der Waals surface area contributed by atoms with Crippen LogP contribution in [0.4, 0.5) is 5.69 Å². The zero-order valence-electron chi connectivity index (χ0n) is 10.3. The molecule has 1 N–H and O–H groups in total. The second kappa shape index (κ2) is 5.90. The van der Waals surface area contributed by atoms with Crippen LogP contribution in [0.25, 0.3) is 0 Å². The second-order valence-electron chi connectivity index (χ2n) is 3.72. The predicted octanol–water partition coefficient (Wildman–Crippen LogP) is 1.47. The summed E-state index contributed by atoms with van der Waals surface area (Å²) in [6.07, 6.45) is 2.78. The van der Waals surface area contributed by atoms with Crippen molar-refractivity contribution in [3.63, 3.8) is 0 Å². The van der Waals surface area contributed by atoms with Crippen LogP contribution in [0.5, 0.6) is 11.5 Å². The molecule has 0 aliphatic carbocycles. The fraction of sp³-hybridized carbons (Fsp3) is 0.231. The zero-order chi connectivity index (χ0) is 13.7. The maximum atomic E-state index is 11.5. The molecule has 0 radical (unpaired) electrons. The maximum absolute atomic E-state index is 11.5. The molecule has 0 aromatic heterocycles. The number of amides is 1. The van der Waals surface area contributed by atoms with Gasteiger partial charge >= 0.3 is 5.97 Å². The Balaban J connectivity index is 1.87. The first-order valence-corrected chi connectivity index (χ1v) is 5.68. The number of ether oxygens (including phenoxy) is 3. The minimum atomic E-state index is -0.552. The molecule has 0 saturated carbocycles. The summed E-state index contributed by atoms with van der Waals surface area (Å²) in [6.45, 7) is 1.53. The van der Waals surface area contributed by atoms with Crippen molar-refractivity contribution in [2.45, 2.75) is 6.92 Å². The Morgan fingerprint density at radius 3 is 2.95 bits per heavy atom. The third-order valence-corrected chi connectivity index (χ3v) is 2.30. The molecule has 0 atom stereocenters. The highest BCUT2D eigenvalue weighted by Gasteiger charge is 2.14. The van der Waals surface area contributed by atoms with Crippen molar-refractivity contribution >= 4 is 17.6 Å². The second-order valence-corrected chi connectivity index (χ2v) is 3.72. The van der Waals surface area contributed by atoms with E-state index in [4.69, 9.17) is 14.2 Å². The van der Waals surface area contributed by atoms with E-state index in [0.717, 1.165) is 0 Å². The average Bonchev–Trinajstić information content (AvgIpc) is 2.84. The number of allylic oxidation sites excluding steroid dienone is 1. The molecule has 1 heterocycles. The normalized spacial score (nSPS) is 12.5. The highest BCUT2D eigenvalue weighted by molar-refractivity contribution is 5.94. The minimum Gasteiger partial charge on any atom is -0.454 e. The number of esters is 1. The van der Waals surface area contributed by atoms with Gasteiger partial charge in [0.05, 0.1) is 0 Å². The fourth-order valence-corrected chi connectivity index (χ4v) is 1.49. The molecule has 19 heavy (non-hydrogen) atoms. The molecule has 1 amide bonds. The lowest BCUT2D eigenvalue weighted by molar-refractivity contribution is -0.142. The predicted molar refractivity (Wildman–Crippen MR) is 67.0 cm³/mol. The largest absolute Gasteiger partial charge is 0.454 e. The van der Waals surface area contributed by atoms with Crippen molar-refractivity contribution in [3.05, 3.63) is 30.4 Å². The SMILES string of the molecule is C/C=C/C(=O)OCC(=O)Nc1ccc2c(c1)OCO2. The number of hydrogen-bond donors (Lipinski definition) is 1. The minimum absolute atomic E-state index is 0.174. The molecule has 1 aromatic carbocycles. The molecule has 100 valence electrons. The first-order chi connectivity index (χ1) is 9.19. The maximum Gasteiger partial charge on any atom is 0.330 e. The molecule has 0 spiro atoms. The lowest BCUT2D eigenvalue weighted by Gasteiger charge is -2.06. The van der Waals surface area contributed by atoms with Gasteiger partial charge in [-0.3, -0.25) is 4.79 Å². The van der Waals surface area contributed by atoms with Crippen LogP contribution in [-0.4, -0.2) is 25.3 Å². The number of carbonyl (C=O) groups excluding carboxylic acids is 2. The molecule has 0 fully saturated rings. The Kier molecular flexibility index (Phi) is 4.02. The average molecular weight is 263 g/mol. The van der Waals surface area contributed by atoms with Crippen LogP contribution in [0.15, 0.2) is 30.4 Å². The number of nitrogens with one attached hydrogen (secondary N) is 1. The van der Waals surface area contributed by atoms with Gasteiger partial charge in [0.15, 0.2) is 18.1 Å². The van der Waals surface area contributed by atoms with Crippen molar-refractivity contribution in [3.8, 4) is 11.5 Å². The van der Waals surface area contributed by atoms with Crippen LogP contribution in [0, 0.1) is 0 Å². The lowest BCUT2D eigenvalue weighted by atomic mass is 10.3. The van der Waals surface area contributed by atoms with Gasteiger partial charge in [0.25, 0.3) is 5.91 Å². The quantitative estimate of drug-likeness (QED) is 0.657. The molecule has 0 unspecified atom stereocenters. The van der Waals surface area contributed by atoms with Crippen molar-refractivity contribution in [1.29, 1.82) is 0 Å². The summed E-state index contributed by atoms with van der Waals surface area (Å²) in [5.74, 6) is 0.237. The van der Waals surface area contributed by atoms with E-state index in [1.165, 1.54) is 12.2 Å². The number of hydrogen-bond acceptors (Lipinski definition) is 5. The van der Waals surface area contributed by atoms with E-state index >= 15 is 0 Å². The molecule has 1 aromatic rings. The summed E-state index contributed by atoms with van der Waals surface area (Å²) < 4.78 is 15.1. The van der Waals surface area contributed by atoms with Gasteiger partial charge < -0.3 is 19.5 Å². The van der Waals surface area contributed by atoms with Crippen LogP contribution in [0.2, 0.25) is 0 Å². The van der Waals surface area contributed by atoms with Gasteiger partial charge in [-0.1, -0.05) is 6.08 Å². The van der Waals surface area contributed by atoms with E-state index < -0.39 is 11.9 Å². The van der Waals surface area contributed by atoms with Crippen molar-refractivity contribution in [2.24, 2.45) is 0 Å². The van der Waals surface area contributed by atoms with Gasteiger partial charge in [0.2, 0.25) is 6.79 Å². The third kappa shape index (κ3) is 3.48. The van der Waals surface area contributed by atoms with Crippen LogP contribution >= 0.6 is 0 Å². The number of carbonyl (C=O) groups is 2. The molecule has 1 aliphatic rings. The smallest absolute Gasteiger partial charge is 0.330 e. The summed E-state index contributed by atoms with van der Waals surface area (Å²) in [6, 6.07) is 5.02. The molecular formula is C13H13NO5. The number of benzene rings is 1. The molecule has 6 nitrogen and oxygen atoms in total. The Labute approximate surface area is 110 Å². The van der Waals surface area contributed by atoms with Crippen molar-refractivity contribution in [2.75, 3.05) is 18.7 Å². The topological polar surface area (TPSA) is 73.9 Å². The summed E-state index contributed by atoms with van der Waals surface area (Å²) in [7, 11) is 0. The molecule has 0 saturated heterocycles. The molecular weight excluding hydrogens is 250 g/mol. The number of rotatable bonds is 4. The van der Waals surface area contributed by atoms with Gasteiger partial charge in [-0.05, 0) is 19.1 Å². The Morgan fingerprint density at radius 2 is 2.16 bits per heavy atom. The Morgan fingerprint density at radius 1 is 1.37 bits per heavy atom. The summed E-state index contributed by atoms with van der Waals surface area (Å²) in [4.78, 5) is 22.6. The number of fused-ring (bicyclic) bond motifs is 1. The van der Waals surface area contributed by atoms with Gasteiger partial charge in [-0.25, -0.2) is 4.79 Å². The van der Waals surface area contributed by atoms with E-state index in [1.807, 2.05) is 0 Å². The lowest BCUT2D eigenvalue weighted by Crippen LogP contribution is -2.20. The van der Waals surface area contributed by atoms with E-state index in [9.17, 15) is 9.59 Å². The summed E-state index contributed by atoms with van der Waals surface area (Å²) in [5, 5.41) is 2.59. The van der Waals surface area contributed by atoms with E-state index in [0.29, 0.717) is 17.2 Å². The first kappa shape index (κ1) is 12.9. The van der Waals surface area contributed by atoms with Crippen LogP contribution in [0.3, 0.4) is 0 Å². The molecule has 1 aliphatic heterocycles. The Bertz CT molecular complexity index is 524. The van der Waals surface area contributed by atoms with Gasteiger partial charge in [0.1, 0.15) is 0 Å². The standard InChI is InChI=1S/C13H13NO5/c1-2-3-13(16)17-7-12(15)14-9-4-5-10-11(6-9)19-8-18-10/h2-6H,7-8H2,1H3,(H,14,15)/b3-2+. The zero-order valence-corrected chi connectivity index (χ0v) is 10.3. The van der Waals surface area contributed by atoms with Crippen molar-refractivity contribution < 1.29 is 23.8 Å². The fourth-order valence-electron chi connectivity index (χ4n) is 1.49. The molecule has 0 bridgehead atoms. The van der Waals surface area contributed by atoms with E-state index in [2.05, 4.69) is 5.32 Å². The molecule has 2 rings (SSSR count). The Hall–Kier alpha value is -2.50. The highest BCUT2D eigenvalue weighted by atomic mass is 16.7. The van der Waals surface area contributed by atoms with Crippen molar-refractivity contribution in [1.82, 2.24) is 0 Å². The van der Waals surface area contributed by atoms with E-state index in [1.54, 1.807) is 25.1 Å². The monoisotopic (exact) mass is 263 g/mol. The van der Waals surface area contributed by atoms with Gasteiger partial charge in [0, 0.05) is 17.8 Å². The van der Waals surface area contributed by atoms with Crippen LogP contribution in [-0.2, 0) is 14.3 Å². The number of anilines is 1. The molecule has 6 heteroatoms.